The predicted molar refractivity (Wildman–Crippen MR) is 86.6 cm³/mol. The molecule has 2 aromatic rings. The molecule has 1 aromatic heterocycles. The van der Waals surface area contributed by atoms with Crippen LogP contribution in [0.4, 0.5) is 5.69 Å². The normalized spacial score (nSPS) is 10.1. The molecule has 0 saturated heterocycles. The van der Waals surface area contributed by atoms with E-state index in [1.54, 1.807) is 24.4 Å². The lowest BCUT2D eigenvalue weighted by atomic mass is 10.3. The molecule has 0 aliphatic rings. The Hall–Kier alpha value is -1.36. The van der Waals surface area contributed by atoms with Gasteiger partial charge in [0.2, 0.25) is 0 Å². The second-order valence-corrected chi connectivity index (χ2v) is 5.17. The van der Waals surface area contributed by atoms with Gasteiger partial charge in [0, 0.05) is 23.3 Å². The van der Waals surface area contributed by atoms with Gasteiger partial charge < -0.3 is 10.1 Å². The zero-order valence-electron chi connectivity index (χ0n) is 10.5. The van der Waals surface area contributed by atoms with Crippen molar-refractivity contribution < 1.29 is 4.74 Å². The van der Waals surface area contributed by atoms with Gasteiger partial charge in [-0.15, -0.1) is 0 Å². The lowest BCUT2D eigenvalue weighted by molar-refractivity contribution is 0.315. The number of hydrogen-bond donors (Lipinski definition) is 1. The summed E-state index contributed by atoms with van der Waals surface area (Å²) >= 11 is 17.0. The van der Waals surface area contributed by atoms with E-state index < -0.39 is 0 Å². The van der Waals surface area contributed by atoms with Crippen LogP contribution < -0.4 is 5.32 Å². The van der Waals surface area contributed by atoms with E-state index in [4.69, 9.17) is 40.2 Å². The maximum absolute atomic E-state index is 6.03. The van der Waals surface area contributed by atoms with Crippen molar-refractivity contribution in [3.05, 3.63) is 58.3 Å². The van der Waals surface area contributed by atoms with Crippen LogP contribution in [-0.4, -0.2) is 16.8 Å². The molecule has 1 N–H and O–H groups in total. The minimum absolute atomic E-state index is 0.269. The van der Waals surface area contributed by atoms with E-state index in [1.807, 2.05) is 18.2 Å². The molecule has 0 fully saturated rings. The van der Waals surface area contributed by atoms with Crippen molar-refractivity contribution in [3.8, 4) is 0 Å². The molecule has 0 radical (unpaired) electrons. The number of ether oxygens (including phenoxy) is 1. The van der Waals surface area contributed by atoms with E-state index in [1.165, 1.54) is 0 Å². The molecular weight excluding hydrogens is 315 g/mol. The summed E-state index contributed by atoms with van der Waals surface area (Å²) in [5.41, 5.74) is 1.62. The fourth-order valence-corrected chi connectivity index (χ4v) is 2.18. The maximum Gasteiger partial charge on any atom is 0.261 e. The number of halogens is 2. The SMILES string of the molecule is S=C(Nc1ccc(Cl)cc1Cl)OCCc1ccccn1. The maximum atomic E-state index is 6.03. The van der Waals surface area contributed by atoms with Gasteiger partial charge in [0.15, 0.2) is 0 Å². The molecule has 1 heterocycles. The molecule has 0 aliphatic heterocycles. The number of benzene rings is 1. The first kappa shape index (κ1) is 15.0. The average molecular weight is 327 g/mol. The topological polar surface area (TPSA) is 34.1 Å². The van der Waals surface area contributed by atoms with Crippen molar-refractivity contribution in [2.75, 3.05) is 11.9 Å². The van der Waals surface area contributed by atoms with Gasteiger partial charge in [-0.2, -0.15) is 0 Å². The predicted octanol–water partition coefficient (Wildman–Crippen LogP) is 4.34. The fourth-order valence-electron chi connectivity index (χ4n) is 1.53. The fraction of sp³-hybridized carbons (Fsp3) is 0.143. The Balaban J connectivity index is 1.81. The monoisotopic (exact) mass is 326 g/mol. The third-order valence-corrected chi connectivity index (χ3v) is 3.25. The van der Waals surface area contributed by atoms with Crippen LogP contribution in [0, 0.1) is 0 Å². The molecule has 1 aromatic carbocycles. The minimum atomic E-state index is 0.269. The van der Waals surface area contributed by atoms with Crippen LogP contribution in [0.25, 0.3) is 0 Å². The van der Waals surface area contributed by atoms with Crippen LogP contribution in [0.15, 0.2) is 42.6 Å². The van der Waals surface area contributed by atoms with E-state index >= 15 is 0 Å². The Morgan fingerprint density at radius 1 is 1.25 bits per heavy atom. The summed E-state index contributed by atoms with van der Waals surface area (Å²) in [6.45, 7) is 0.452. The molecule has 0 aliphatic carbocycles. The average Bonchev–Trinajstić information content (AvgIpc) is 2.43. The summed E-state index contributed by atoms with van der Waals surface area (Å²) in [7, 11) is 0. The first-order valence-electron chi connectivity index (χ1n) is 5.94. The Morgan fingerprint density at radius 2 is 2.10 bits per heavy atom. The minimum Gasteiger partial charge on any atom is -0.470 e. The van der Waals surface area contributed by atoms with E-state index in [2.05, 4.69) is 10.3 Å². The van der Waals surface area contributed by atoms with Gasteiger partial charge in [0.25, 0.3) is 5.17 Å². The first-order valence-corrected chi connectivity index (χ1v) is 7.10. The number of aromatic nitrogens is 1. The lowest BCUT2D eigenvalue weighted by Gasteiger charge is -2.11. The van der Waals surface area contributed by atoms with Crippen LogP contribution in [0.3, 0.4) is 0 Å². The first-order chi connectivity index (χ1) is 9.65. The summed E-state index contributed by atoms with van der Waals surface area (Å²) in [6, 6.07) is 10.9. The van der Waals surface area contributed by atoms with Gasteiger partial charge in [0.05, 0.1) is 17.3 Å². The summed E-state index contributed by atoms with van der Waals surface area (Å²) in [5, 5.41) is 4.26. The highest BCUT2D eigenvalue weighted by atomic mass is 35.5. The van der Waals surface area contributed by atoms with Crippen LogP contribution >= 0.6 is 35.4 Å². The van der Waals surface area contributed by atoms with Gasteiger partial charge in [-0.1, -0.05) is 29.3 Å². The zero-order chi connectivity index (χ0) is 14.4. The number of rotatable bonds is 4. The van der Waals surface area contributed by atoms with Gasteiger partial charge in [0.1, 0.15) is 0 Å². The van der Waals surface area contributed by atoms with Crippen molar-refractivity contribution in [1.82, 2.24) is 4.98 Å². The molecule has 2 rings (SSSR count). The quantitative estimate of drug-likeness (QED) is 0.847. The van der Waals surface area contributed by atoms with Crippen molar-refractivity contribution in [3.63, 3.8) is 0 Å². The number of nitrogens with zero attached hydrogens (tertiary/aromatic N) is 1. The molecule has 0 spiro atoms. The lowest BCUT2D eigenvalue weighted by Crippen LogP contribution is -2.15. The number of thiocarbonyl (C=S) groups is 1. The molecule has 104 valence electrons. The van der Waals surface area contributed by atoms with Crippen LogP contribution in [0.5, 0.6) is 0 Å². The third-order valence-electron chi connectivity index (χ3n) is 2.49. The van der Waals surface area contributed by atoms with E-state index in [0.29, 0.717) is 28.8 Å². The summed E-state index contributed by atoms with van der Waals surface area (Å²) < 4.78 is 5.42. The molecule has 0 bridgehead atoms. The Labute approximate surface area is 132 Å². The number of hydrogen-bond acceptors (Lipinski definition) is 3. The number of pyridine rings is 1. The smallest absolute Gasteiger partial charge is 0.261 e. The summed E-state index contributed by atoms with van der Waals surface area (Å²) in [6.07, 6.45) is 2.44. The highest BCUT2D eigenvalue weighted by molar-refractivity contribution is 7.80. The molecule has 0 atom stereocenters. The largest absolute Gasteiger partial charge is 0.470 e. The van der Waals surface area contributed by atoms with E-state index in [-0.39, 0.29) is 5.17 Å². The Morgan fingerprint density at radius 3 is 2.80 bits per heavy atom. The Kier molecular flexibility index (Phi) is 5.59. The zero-order valence-corrected chi connectivity index (χ0v) is 12.8. The van der Waals surface area contributed by atoms with Crippen LogP contribution in [0.2, 0.25) is 10.0 Å². The summed E-state index contributed by atoms with van der Waals surface area (Å²) in [5.74, 6) is 0. The van der Waals surface area contributed by atoms with Gasteiger partial charge >= 0.3 is 0 Å². The van der Waals surface area contributed by atoms with Crippen LogP contribution in [-0.2, 0) is 11.2 Å². The molecule has 0 unspecified atom stereocenters. The van der Waals surface area contributed by atoms with Gasteiger partial charge in [-0.25, -0.2) is 0 Å². The van der Waals surface area contributed by atoms with Crippen molar-refractivity contribution in [1.29, 1.82) is 0 Å². The second kappa shape index (κ2) is 7.43. The molecule has 6 heteroatoms. The molecule has 0 amide bonds. The highest BCUT2D eigenvalue weighted by Crippen LogP contribution is 2.25. The van der Waals surface area contributed by atoms with Crippen molar-refractivity contribution in [2.45, 2.75) is 6.42 Å². The van der Waals surface area contributed by atoms with Crippen molar-refractivity contribution in [2.24, 2.45) is 0 Å². The summed E-state index contributed by atoms with van der Waals surface area (Å²) in [4.78, 5) is 4.20. The highest BCUT2D eigenvalue weighted by Gasteiger charge is 2.04. The number of anilines is 1. The second-order valence-electron chi connectivity index (χ2n) is 3.96. The molecule has 0 saturated carbocycles. The van der Waals surface area contributed by atoms with Crippen LogP contribution in [0.1, 0.15) is 5.69 Å². The van der Waals surface area contributed by atoms with E-state index in [9.17, 15) is 0 Å². The third kappa shape index (κ3) is 4.63. The molecule has 20 heavy (non-hydrogen) atoms. The number of nitrogens with one attached hydrogen (secondary N) is 1. The van der Waals surface area contributed by atoms with Gasteiger partial charge in [-0.05, 0) is 42.5 Å². The molecule has 3 nitrogen and oxygen atoms in total. The van der Waals surface area contributed by atoms with E-state index in [0.717, 1.165) is 5.69 Å². The van der Waals surface area contributed by atoms with Crippen molar-refractivity contribution >= 4 is 46.3 Å². The van der Waals surface area contributed by atoms with Gasteiger partial charge in [-0.3, -0.25) is 4.98 Å². The standard InChI is InChI=1S/C14H12Cl2N2OS/c15-10-4-5-13(12(16)9-10)18-14(20)19-8-6-11-3-1-2-7-17-11/h1-5,7,9H,6,8H2,(H,18,20). The molecular formula is C14H12Cl2N2OS. The Bertz CT molecular complexity index is 593.